The maximum absolute atomic E-state index is 13.5. The van der Waals surface area contributed by atoms with Gasteiger partial charge in [0, 0.05) is 29.0 Å². The molecule has 0 saturated heterocycles. The number of pyridine rings is 1. The molecule has 0 aliphatic heterocycles. The number of aromatic nitrogens is 7. The van der Waals surface area contributed by atoms with Gasteiger partial charge in [0.1, 0.15) is 23.0 Å². The molecule has 3 heterocycles. The molecule has 1 atom stereocenters. The molecule has 6 rings (SSSR count). The molecular weight excluding hydrogens is 644 g/mol. The summed E-state index contributed by atoms with van der Waals surface area (Å²) in [7, 11) is 0. The smallest absolute Gasteiger partial charge is 0.309 e. The minimum absolute atomic E-state index is 0.150. The summed E-state index contributed by atoms with van der Waals surface area (Å²) in [6, 6.07) is 22.0. The van der Waals surface area contributed by atoms with Crippen LogP contribution in [0.25, 0.3) is 27.8 Å². The Kier molecular flexibility index (Phi) is 9.41. The molecule has 0 spiro atoms. The van der Waals surface area contributed by atoms with Gasteiger partial charge in [-0.3, -0.25) is 14.4 Å². The SMILES string of the molecule is Cc1ccc(-n2cnnn2)c(CCC(=O)N[C@@H](Cc2ccccc2)c2nc(-c3ccc4[nH]c(=O)cc(CC(C)(C)C(=O)O)c4c3)c(Cl)[nH]2)c1. The number of halogens is 1. The number of hydrogen-bond acceptors (Lipinski definition) is 7. The predicted molar refractivity (Wildman–Crippen MR) is 186 cm³/mol. The Morgan fingerprint density at radius 2 is 1.82 bits per heavy atom. The number of nitrogens with zero attached hydrogens (tertiary/aromatic N) is 5. The monoisotopic (exact) mass is 678 g/mol. The Morgan fingerprint density at radius 3 is 2.55 bits per heavy atom. The molecule has 0 radical (unpaired) electrons. The van der Waals surface area contributed by atoms with Gasteiger partial charge in [-0.05, 0) is 85.3 Å². The Morgan fingerprint density at radius 1 is 1.02 bits per heavy atom. The van der Waals surface area contributed by atoms with Crippen LogP contribution in [0.4, 0.5) is 0 Å². The summed E-state index contributed by atoms with van der Waals surface area (Å²) in [5, 5.41) is 25.4. The number of tetrazole rings is 1. The van der Waals surface area contributed by atoms with Crippen LogP contribution in [0.1, 0.15) is 54.4 Å². The van der Waals surface area contributed by atoms with Crippen molar-refractivity contribution in [2.45, 2.75) is 52.5 Å². The average Bonchev–Trinajstić information content (AvgIpc) is 3.74. The lowest BCUT2D eigenvalue weighted by Gasteiger charge is -2.20. The zero-order chi connectivity index (χ0) is 34.7. The minimum Gasteiger partial charge on any atom is -0.481 e. The molecule has 4 N–H and O–H groups in total. The Bertz CT molecular complexity index is 2190. The highest BCUT2D eigenvalue weighted by Crippen LogP contribution is 2.33. The maximum atomic E-state index is 13.5. The van der Waals surface area contributed by atoms with Gasteiger partial charge in [-0.1, -0.05) is 65.7 Å². The second-order valence-electron chi connectivity index (χ2n) is 12.8. The number of carboxylic acids is 1. The molecular formula is C36H35ClN8O4. The fourth-order valence-electron chi connectivity index (χ4n) is 5.88. The number of H-pyrrole nitrogens is 2. The number of carboxylic acid groups (broad SMARTS) is 1. The fourth-order valence-corrected chi connectivity index (χ4v) is 6.13. The highest BCUT2D eigenvalue weighted by Gasteiger charge is 2.29. The summed E-state index contributed by atoms with van der Waals surface area (Å²) in [5.74, 6) is -0.647. The topological polar surface area (TPSA) is 172 Å². The quantitative estimate of drug-likeness (QED) is 0.131. The van der Waals surface area contributed by atoms with Crippen LogP contribution in [0.3, 0.4) is 0 Å². The fraction of sp³-hybridized carbons (Fsp3) is 0.250. The summed E-state index contributed by atoms with van der Waals surface area (Å²) in [4.78, 5) is 48.7. The Balaban J connectivity index is 1.29. The normalized spacial score (nSPS) is 12.2. The van der Waals surface area contributed by atoms with E-state index in [1.54, 1.807) is 30.7 Å². The predicted octanol–water partition coefficient (Wildman–Crippen LogP) is 5.54. The van der Waals surface area contributed by atoms with Crippen molar-refractivity contribution < 1.29 is 14.7 Å². The second kappa shape index (κ2) is 13.9. The highest BCUT2D eigenvalue weighted by atomic mass is 35.5. The van der Waals surface area contributed by atoms with E-state index in [4.69, 9.17) is 16.6 Å². The van der Waals surface area contributed by atoms with Crippen molar-refractivity contribution in [3.8, 4) is 16.9 Å². The molecule has 3 aromatic heterocycles. The first kappa shape index (κ1) is 33.3. The van der Waals surface area contributed by atoms with Crippen LogP contribution in [0.2, 0.25) is 5.15 Å². The summed E-state index contributed by atoms with van der Waals surface area (Å²) >= 11 is 6.76. The summed E-state index contributed by atoms with van der Waals surface area (Å²) in [6.45, 7) is 5.24. The van der Waals surface area contributed by atoms with Crippen LogP contribution in [0.5, 0.6) is 0 Å². The average molecular weight is 679 g/mol. The first-order chi connectivity index (χ1) is 23.5. The van der Waals surface area contributed by atoms with E-state index < -0.39 is 17.4 Å². The van der Waals surface area contributed by atoms with Crippen molar-refractivity contribution in [2.24, 2.45) is 5.41 Å². The third-order valence-corrected chi connectivity index (χ3v) is 8.77. The maximum Gasteiger partial charge on any atom is 0.309 e. The molecule has 3 aromatic carbocycles. The number of aliphatic carboxylic acids is 1. The first-order valence-corrected chi connectivity index (χ1v) is 16.2. The second-order valence-corrected chi connectivity index (χ2v) is 13.1. The molecule has 0 unspecified atom stereocenters. The van der Waals surface area contributed by atoms with Crippen LogP contribution in [-0.2, 0) is 28.9 Å². The number of nitrogens with one attached hydrogen (secondary N) is 3. The van der Waals surface area contributed by atoms with Crippen molar-refractivity contribution in [1.29, 1.82) is 0 Å². The third-order valence-electron chi connectivity index (χ3n) is 8.49. The van der Waals surface area contributed by atoms with E-state index in [2.05, 4.69) is 30.8 Å². The highest BCUT2D eigenvalue weighted by molar-refractivity contribution is 6.32. The Labute approximate surface area is 286 Å². The van der Waals surface area contributed by atoms with E-state index in [9.17, 15) is 19.5 Å². The van der Waals surface area contributed by atoms with Crippen molar-refractivity contribution in [2.75, 3.05) is 0 Å². The molecule has 0 fully saturated rings. The number of aromatic amines is 2. The van der Waals surface area contributed by atoms with Gasteiger partial charge in [-0.2, -0.15) is 0 Å². The molecule has 1 amide bonds. The number of amides is 1. The number of aryl methyl sites for hydroxylation is 2. The molecule has 0 aliphatic carbocycles. The largest absolute Gasteiger partial charge is 0.481 e. The first-order valence-electron chi connectivity index (χ1n) is 15.8. The van der Waals surface area contributed by atoms with Crippen LogP contribution < -0.4 is 10.9 Å². The van der Waals surface area contributed by atoms with Crippen molar-refractivity contribution in [3.63, 3.8) is 0 Å². The summed E-state index contributed by atoms with van der Waals surface area (Å²) < 4.78 is 1.58. The van der Waals surface area contributed by atoms with E-state index in [1.165, 1.54) is 12.4 Å². The number of imidazole rings is 1. The standard InChI is InChI=1S/C36H35ClN8O4/c1-21-9-13-29(45-20-38-43-44-45)23(15-21)11-14-30(46)40-28(16-22-7-5-4-6-8-22)34-41-32(33(37)42-34)24-10-12-27-26(17-24)25(18-31(47)39-27)19-36(2,3)35(48)49/h4-10,12-13,15,17-18,20,28H,11,14,16,19H2,1-3H3,(H,39,47)(H,40,46)(H,41,42)(H,48,49)/t28-/m0/s1. The molecule has 0 bridgehead atoms. The number of benzene rings is 3. The van der Waals surface area contributed by atoms with E-state index in [1.807, 2.05) is 61.5 Å². The summed E-state index contributed by atoms with van der Waals surface area (Å²) in [6.07, 6.45) is 2.81. The number of fused-ring (bicyclic) bond motifs is 1. The molecule has 12 nitrogen and oxygen atoms in total. The van der Waals surface area contributed by atoms with Gasteiger partial charge in [0.15, 0.2) is 0 Å². The van der Waals surface area contributed by atoms with Crippen molar-refractivity contribution in [3.05, 3.63) is 123 Å². The lowest BCUT2D eigenvalue weighted by atomic mass is 9.84. The molecule has 0 saturated carbocycles. The van der Waals surface area contributed by atoms with E-state index >= 15 is 0 Å². The zero-order valence-electron chi connectivity index (χ0n) is 27.2. The van der Waals surface area contributed by atoms with E-state index in [0.717, 1.165) is 22.4 Å². The lowest BCUT2D eigenvalue weighted by molar-refractivity contribution is -0.146. The number of rotatable bonds is 12. The molecule has 13 heteroatoms. The Hall–Kier alpha value is -5.62. The van der Waals surface area contributed by atoms with Gasteiger partial charge in [0.05, 0.1) is 17.1 Å². The number of carbonyl (C=O) groups is 2. The van der Waals surface area contributed by atoms with E-state index in [0.29, 0.717) is 46.4 Å². The van der Waals surface area contributed by atoms with Gasteiger partial charge in [-0.25, -0.2) is 9.67 Å². The van der Waals surface area contributed by atoms with Gasteiger partial charge < -0.3 is 20.4 Å². The van der Waals surface area contributed by atoms with Gasteiger partial charge in [0.25, 0.3) is 0 Å². The van der Waals surface area contributed by atoms with Gasteiger partial charge in [-0.15, -0.1) is 5.10 Å². The zero-order valence-corrected chi connectivity index (χ0v) is 28.0. The molecule has 0 aliphatic rings. The van der Waals surface area contributed by atoms with Crippen LogP contribution >= 0.6 is 11.6 Å². The van der Waals surface area contributed by atoms with Gasteiger partial charge >= 0.3 is 5.97 Å². The molecule has 49 heavy (non-hydrogen) atoms. The molecule has 250 valence electrons. The lowest BCUT2D eigenvalue weighted by Crippen LogP contribution is -2.31. The van der Waals surface area contributed by atoms with Crippen LogP contribution in [0.15, 0.2) is 83.9 Å². The van der Waals surface area contributed by atoms with Crippen molar-refractivity contribution in [1.82, 2.24) is 40.5 Å². The van der Waals surface area contributed by atoms with Crippen LogP contribution in [-0.4, -0.2) is 52.1 Å². The summed E-state index contributed by atoms with van der Waals surface area (Å²) in [5.41, 5.74) is 4.71. The third kappa shape index (κ3) is 7.60. The van der Waals surface area contributed by atoms with E-state index in [-0.39, 0.29) is 29.5 Å². The van der Waals surface area contributed by atoms with Gasteiger partial charge in [0.2, 0.25) is 11.5 Å². The van der Waals surface area contributed by atoms with Crippen LogP contribution in [0, 0.1) is 12.3 Å². The minimum atomic E-state index is -1.09. The van der Waals surface area contributed by atoms with Crippen molar-refractivity contribution >= 4 is 34.4 Å². The molecule has 6 aromatic rings. The number of hydrogen-bond donors (Lipinski definition) is 4. The number of carbonyl (C=O) groups excluding carboxylic acids is 1.